The van der Waals surface area contributed by atoms with Crippen LogP contribution in [-0.2, 0) is 0 Å². The van der Waals surface area contributed by atoms with E-state index in [-0.39, 0.29) is 5.75 Å². The number of phenols is 1. The van der Waals surface area contributed by atoms with Crippen LogP contribution in [-0.4, -0.2) is 21.8 Å². The lowest BCUT2D eigenvalue weighted by atomic mass is 10.00. The van der Waals surface area contributed by atoms with Gasteiger partial charge in [0.1, 0.15) is 11.4 Å². The van der Waals surface area contributed by atoms with Gasteiger partial charge in [-0.15, -0.1) is 5.10 Å². The molecule has 118 valence electrons. The van der Waals surface area contributed by atoms with Crippen LogP contribution < -0.4 is 4.90 Å². The number of hydrogen-bond donors (Lipinski definition) is 1. The van der Waals surface area contributed by atoms with Crippen molar-refractivity contribution in [2.45, 2.75) is 32.6 Å². The monoisotopic (exact) mass is 309 g/mol. The Morgan fingerprint density at radius 1 is 1.13 bits per heavy atom. The summed E-state index contributed by atoms with van der Waals surface area (Å²) < 4.78 is 5.77. The average molecular weight is 309 g/mol. The van der Waals surface area contributed by atoms with Crippen molar-refractivity contribution in [1.29, 1.82) is 0 Å². The highest BCUT2D eigenvalue weighted by Crippen LogP contribution is 2.49. The predicted molar refractivity (Wildman–Crippen MR) is 90.1 cm³/mol. The summed E-state index contributed by atoms with van der Waals surface area (Å²) in [6.45, 7) is 2.96. The van der Waals surface area contributed by atoms with Crippen LogP contribution >= 0.6 is 0 Å². The smallest absolute Gasteiger partial charge is 0.323 e. The molecule has 0 amide bonds. The first-order chi connectivity index (χ1) is 11.3. The molecular formula is C18H19N3O2. The second-order valence-corrected chi connectivity index (χ2v) is 5.94. The zero-order chi connectivity index (χ0) is 15.8. The first-order valence-corrected chi connectivity index (χ1v) is 8.15. The van der Waals surface area contributed by atoms with Gasteiger partial charge in [-0.25, -0.2) is 0 Å². The van der Waals surface area contributed by atoms with Crippen LogP contribution in [0.4, 0.5) is 11.7 Å². The normalized spacial score (nSPS) is 12.7. The molecule has 0 fully saturated rings. The van der Waals surface area contributed by atoms with Crippen LogP contribution in [0.15, 0.2) is 34.7 Å². The maximum atomic E-state index is 10.6. The average Bonchev–Trinajstić information content (AvgIpc) is 2.98. The van der Waals surface area contributed by atoms with Crippen molar-refractivity contribution in [2.75, 3.05) is 11.4 Å². The molecule has 23 heavy (non-hydrogen) atoms. The van der Waals surface area contributed by atoms with E-state index in [1.165, 1.54) is 12.8 Å². The van der Waals surface area contributed by atoms with Gasteiger partial charge in [0.15, 0.2) is 0 Å². The van der Waals surface area contributed by atoms with Gasteiger partial charge < -0.3 is 9.52 Å². The molecule has 5 heteroatoms. The Morgan fingerprint density at radius 2 is 2.00 bits per heavy atom. The minimum absolute atomic E-state index is 0.250. The van der Waals surface area contributed by atoms with Crippen molar-refractivity contribution < 1.29 is 9.52 Å². The molecular weight excluding hydrogens is 290 g/mol. The number of nitrogens with zero attached hydrogens (tertiary/aromatic N) is 3. The highest BCUT2D eigenvalue weighted by molar-refractivity contribution is 6.05. The highest BCUT2D eigenvalue weighted by Gasteiger charge is 2.31. The summed E-state index contributed by atoms with van der Waals surface area (Å²) in [5.74, 6) is 0.728. The third kappa shape index (κ3) is 2.23. The van der Waals surface area contributed by atoms with Crippen LogP contribution in [0.25, 0.3) is 22.2 Å². The van der Waals surface area contributed by atoms with Crippen molar-refractivity contribution in [2.24, 2.45) is 0 Å². The summed E-state index contributed by atoms with van der Waals surface area (Å²) in [6, 6.07) is 10.2. The van der Waals surface area contributed by atoms with E-state index >= 15 is 0 Å². The van der Waals surface area contributed by atoms with Crippen molar-refractivity contribution >= 4 is 22.5 Å². The van der Waals surface area contributed by atoms with Crippen molar-refractivity contribution in [3.8, 4) is 17.2 Å². The standard InChI is InChI=1S/C18H19N3O2/c1-2-3-4-7-10-21-16-14(22)11-12-8-5-6-9-13(12)15(16)17-19-20-18(21)23-17/h5-6,8-9,11,22H,2-4,7,10H2,1H3. The number of benzene rings is 2. The van der Waals surface area contributed by atoms with E-state index in [4.69, 9.17) is 4.42 Å². The first kappa shape index (κ1) is 14.1. The predicted octanol–water partition coefficient (Wildman–Crippen LogP) is 4.63. The molecule has 2 bridgehead atoms. The van der Waals surface area contributed by atoms with Gasteiger partial charge in [-0.3, -0.25) is 4.90 Å². The molecule has 0 spiro atoms. The SMILES string of the molecule is CCCCCCN1c2nnc(o2)-c2c1c(O)cc1ccccc21. The largest absolute Gasteiger partial charge is 0.506 e. The van der Waals surface area contributed by atoms with Crippen LogP contribution in [0.1, 0.15) is 32.6 Å². The highest BCUT2D eigenvalue weighted by atomic mass is 16.4. The molecule has 0 saturated carbocycles. The van der Waals surface area contributed by atoms with Crippen molar-refractivity contribution in [1.82, 2.24) is 10.2 Å². The van der Waals surface area contributed by atoms with E-state index < -0.39 is 0 Å². The third-order valence-corrected chi connectivity index (χ3v) is 4.37. The number of fused-ring (bicyclic) bond motifs is 6. The van der Waals surface area contributed by atoms with Crippen molar-refractivity contribution in [3.05, 3.63) is 30.3 Å². The Balaban J connectivity index is 1.82. The Morgan fingerprint density at radius 3 is 2.87 bits per heavy atom. The first-order valence-electron chi connectivity index (χ1n) is 8.15. The zero-order valence-corrected chi connectivity index (χ0v) is 13.1. The van der Waals surface area contributed by atoms with E-state index in [0.29, 0.717) is 11.9 Å². The molecule has 2 heterocycles. The Labute approximate surface area is 134 Å². The van der Waals surface area contributed by atoms with E-state index in [1.54, 1.807) is 6.07 Å². The van der Waals surface area contributed by atoms with Crippen LogP contribution in [0.3, 0.4) is 0 Å². The quantitative estimate of drug-likeness (QED) is 0.696. The number of unbranched alkanes of at least 4 members (excludes halogenated alkanes) is 3. The van der Waals surface area contributed by atoms with Crippen LogP contribution in [0.5, 0.6) is 5.75 Å². The summed E-state index contributed by atoms with van der Waals surface area (Å²) in [7, 11) is 0. The summed E-state index contributed by atoms with van der Waals surface area (Å²) in [5, 5.41) is 20.9. The molecule has 3 aromatic rings. The second kappa shape index (κ2) is 5.57. The Hall–Kier alpha value is -2.56. The summed E-state index contributed by atoms with van der Waals surface area (Å²) in [4.78, 5) is 1.95. The number of aromatic nitrogens is 2. The molecule has 1 N–H and O–H groups in total. The second-order valence-electron chi connectivity index (χ2n) is 5.94. The Bertz CT molecular complexity index is 857. The van der Waals surface area contributed by atoms with Crippen LogP contribution in [0.2, 0.25) is 0 Å². The fourth-order valence-electron chi connectivity index (χ4n) is 3.24. The van der Waals surface area contributed by atoms with Gasteiger partial charge in [0.25, 0.3) is 5.89 Å². The summed E-state index contributed by atoms with van der Waals surface area (Å²) >= 11 is 0. The lowest BCUT2D eigenvalue weighted by molar-refractivity contribution is 0.470. The van der Waals surface area contributed by atoms with Gasteiger partial charge in [0.05, 0.1) is 5.56 Å². The minimum Gasteiger partial charge on any atom is -0.506 e. The summed E-state index contributed by atoms with van der Waals surface area (Å²) in [6.07, 6.45) is 4.57. The fourth-order valence-corrected chi connectivity index (χ4v) is 3.24. The van der Waals surface area contributed by atoms with Gasteiger partial charge in [0.2, 0.25) is 0 Å². The van der Waals surface area contributed by atoms with E-state index in [1.807, 2.05) is 29.2 Å². The molecule has 2 aromatic carbocycles. The van der Waals surface area contributed by atoms with E-state index in [2.05, 4.69) is 17.1 Å². The molecule has 0 unspecified atom stereocenters. The lowest BCUT2D eigenvalue weighted by Gasteiger charge is -2.26. The number of phenolic OH excluding ortho intramolecular Hbond substituents is 1. The van der Waals surface area contributed by atoms with Gasteiger partial charge >= 0.3 is 6.01 Å². The molecule has 1 aliphatic heterocycles. The lowest BCUT2D eigenvalue weighted by Crippen LogP contribution is -2.21. The van der Waals surface area contributed by atoms with Gasteiger partial charge in [-0.05, 0) is 23.3 Å². The Kier molecular flexibility index (Phi) is 3.41. The van der Waals surface area contributed by atoms with Gasteiger partial charge in [-0.1, -0.05) is 55.6 Å². The number of rotatable bonds is 5. The maximum Gasteiger partial charge on any atom is 0.323 e. The van der Waals surface area contributed by atoms with Gasteiger partial charge in [-0.2, -0.15) is 0 Å². The third-order valence-electron chi connectivity index (χ3n) is 4.37. The minimum atomic E-state index is 0.250. The van der Waals surface area contributed by atoms with Crippen LogP contribution in [0, 0.1) is 0 Å². The zero-order valence-electron chi connectivity index (χ0n) is 13.1. The molecule has 1 aliphatic rings. The molecule has 4 rings (SSSR count). The molecule has 0 radical (unpaired) electrons. The fraction of sp³-hybridized carbons (Fsp3) is 0.333. The topological polar surface area (TPSA) is 62.4 Å². The molecule has 0 aliphatic carbocycles. The maximum absolute atomic E-state index is 10.6. The molecule has 0 saturated heterocycles. The number of aromatic hydroxyl groups is 1. The van der Waals surface area contributed by atoms with Crippen molar-refractivity contribution in [3.63, 3.8) is 0 Å². The van der Waals surface area contributed by atoms with E-state index in [9.17, 15) is 5.11 Å². The summed E-state index contributed by atoms with van der Waals surface area (Å²) in [5.41, 5.74) is 1.60. The molecule has 0 atom stereocenters. The van der Waals surface area contributed by atoms with E-state index in [0.717, 1.165) is 41.4 Å². The molecule has 5 nitrogen and oxygen atoms in total. The van der Waals surface area contributed by atoms with Gasteiger partial charge in [0, 0.05) is 6.54 Å². The number of hydrogen-bond acceptors (Lipinski definition) is 5. The number of anilines is 2. The molecule has 1 aromatic heterocycles.